The molecule has 0 atom stereocenters. The Bertz CT molecular complexity index is 376. The average molecular weight is 220 g/mol. The van der Waals surface area contributed by atoms with Gasteiger partial charge in [-0.05, 0) is 38.2 Å². The fourth-order valence-corrected chi connectivity index (χ4v) is 2.23. The second-order valence-electron chi connectivity index (χ2n) is 4.45. The number of likely N-dealkylation sites (N-methyl/N-ethyl adjacent to an activating group) is 1. The summed E-state index contributed by atoms with van der Waals surface area (Å²) in [6.45, 7) is 3.53. The molecular weight excluding hydrogens is 200 g/mol. The second kappa shape index (κ2) is 4.78. The number of nitrogens with zero attached hydrogens (tertiary/aromatic N) is 3. The minimum Gasteiger partial charge on any atom is -0.343 e. The van der Waals surface area contributed by atoms with Crippen LogP contribution in [-0.2, 0) is 12.8 Å². The van der Waals surface area contributed by atoms with Gasteiger partial charge in [-0.1, -0.05) is 0 Å². The summed E-state index contributed by atoms with van der Waals surface area (Å²) < 4.78 is 0. The van der Waals surface area contributed by atoms with Gasteiger partial charge in [-0.2, -0.15) is 0 Å². The summed E-state index contributed by atoms with van der Waals surface area (Å²) in [5.41, 5.74) is 9.31. The molecule has 1 heterocycles. The number of aryl methyl sites for hydroxylation is 2. The van der Waals surface area contributed by atoms with Crippen LogP contribution in [0.15, 0.2) is 0 Å². The van der Waals surface area contributed by atoms with Crippen molar-refractivity contribution in [2.45, 2.75) is 32.6 Å². The molecule has 4 heteroatoms. The van der Waals surface area contributed by atoms with Crippen molar-refractivity contribution in [1.82, 2.24) is 9.97 Å². The monoisotopic (exact) mass is 220 g/mol. The van der Waals surface area contributed by atoms with Gasteiger partial charge in [-0.3, -0.25) is 0 Å². The summed E-state index contributed by atoms with van der Waals surface area (Å²) >= 11 is 0. The molecule has 1 aliphatic rings. The molecule has 0 unspecified atom stereocenters. The largest absolute Gasteiger partial charge is 0.343 e. The maximum absolute atomic E-state index is 5.55. The van der Waals surface area contributed by atoms with Crippen LogP contribution in [0.3, 0.4) is 0 Å². The van der Waals surface area contributed by atoms with Crippen molar-refractivity contribution in [1.29, 1.82) is 0 Å². The number of hydrogen-bond donors (Lipinski definition) is 1. The van der Waals surface area contributed by atoms with Crippen LogP contribution in [0.4, 0.5) is 5.95 Å². The normalized spacial score (nSPS) is 14.7. The Morgan fingerprint density at radius 1 is 1.25 bits per heavy atom. The molecule has 0 aromatic carbocycles. The van der Waals surface area contributed by atoms with E-state index in [1.807, 2.05) is 11.9 Å². The van der Waals surface area contributed by atoms with E-state index in [9.17, 15) is 0 Å². The summed E-state index contributed by atoms with van der Waals surface area (Å²) in [6, 6.07) is 0. The standard InChI is InChI=1S/C12H20N4/c1-9-10-5-3-4-6-11(10)15-12(14-9)16(2)8-7-13/h3-8,13H2,1-2H3. The van der Waals surface area contributed by atoms with E-state index in [-0.39, 0.29) is 0 Å². The zero-order valence-corrected chi connectivity index (χ0v) is 10.2. The van der Waals surface area contributed by atoms with Crippen LogP contribution in [0, 0.1) is 6.92 Å². The number of nitrogens with two attached hydrogens (primary N) is 1. The molecule has 0 aliphatic heterocycles. The quantitative estimate of drug-likeness (QED) is 0.827. The van der Waals surface area contributed by atoms with Crippen LogP contribution < -0.4 is 10.6 Å². The van der Waals surface area contributed by atoms with E-state index in [0.717, 1.165) is 31.0 Å². The van der Waals surface area contributed by atoms with E-state index in [4.69, 9.17) is 5.73 Å². The first-order valence-corrected chi connectivity index (χ1v) is 6.00. The fourth-order valence-electron chi connectivity index (χ4n) is 2.23. The van der Waals surface area contributed by atoms with Gasteiger partial charge in [0.15, 0.2) is 0 Å². The number of anilines is 1. The third-order valence-electron chi connectivity index (χ3n) is 3.18. The predicted molar refractivity (Wildman–Crippen MR) is 65.7 cm³/mol. The Labute approximate surface area is 96.9 Å². The van der Waals surface area contributed by atoms with Gasteiger partial charge in [0.25, 0.3) is 0 Å². The summed E-state index contributed by atoms with van der Waals surface area (Å²) in [4.78, 5) is 11.2. The van der Waals surface area contributed by atoms with Gasteiger partial charge < -0.3 is 10.6 Å². The minimum absolute atomic E-state index is 0.635. The summed E-state index contributed by atoms with van der Waals surface area (Å²) in [7, 11) is 2.00. The molecule has 1 aliphatic carbocycles. The highest BCUT2D eigenvalue weighted by Gasteiger charge is 2.16. The molecule has 0 amide bonds. The number of aromatic nitrogens is 2. The Hall–Kier alpha value is -1.16. The smallest absolute Gasteiger partial charge is 0.225 e. The lowest BCUT2D eigenvalue weighted by molar-refractivity contribution is 0.653. The first-order chi connectivity index (χ1) is 7.72. The van der Waals surface area contributed by atoms with Gasteiger partial charge in [0.05, 0.1) is 0 Å². The van der Waals surface area contributed by atoms with E-state index in [1.165, 1.54) is 24.1 Å². The molecule has 0 spiro atoms. The lowest BCUT2D eigenvalue weighted by atomic mass is 9.95. The average Bonchev–Trinajstić information content (AvgIpc) is 2.29. The third-order valence-corrected chi connectivity index (χ3v) is 3.18. The van der Waals surface area contributed by atoms with E-state index < -0.39 is 0 Å². The molecule has 0 fully saturated rings. The van der Waals surface area contributed by atoms with E-state index in [1.54, 1.807) is 0 Å². The summed E-state index contributed by atoms with van der Waals surface area (Å²) in [5, 5.41) is 0. The molecule has 4 nitrogen and oxygen atoms in total. The second-order valence-corrected chi connectivity index (χ2v) is 4.45. The van der Waals surface area contributed by atoms with Crippen molar-refractivity contribution in [3.63, 3.8) is 0 Å². The van der Waals surface area contributed by atoms with Crippen molar-refractivity contribution < 1.29 is 0 Å². The Morgan fingerprint density at radius 2 is 2.00 bits per heavy atom. The highest BCUT2D eigenvalue weighted by atomic mass is 15.2. The Morgan fingerprint density at radius 3 is 2.75 bits per heavy atom. The van der Waals surface area contributed by atoms with Gasteiger partial charge in [0, 0.05) is 31.5 Å². The van der Waals surface area contributed by atoms with Gasteiger partial charge in [0.2, 0.25) is 5.95 Å². The zero-order chi connectivity index (χ0) is 11.5. The van der Waals surface area contributed by atoms with Crippen LogP contribution in [-0.4, -0.2) is 30.1 Å². The van der Waals surface area contributed by atoms with Crippen molar-refractivity contribution >= 4 is 5.95 Å². The Kier molecular flexibility index (Phi) is 3.39. The molecule has 0 saturated heterocycles. The van der Waals surface area contributed by atoms with E-state index in [2.05, 4.69) is 16.9 Å². The molecular formula is C12H20N4. The minimum atomic E-state index is 0.635. The first kappa shape index (κ1) is 11.3. The fraction of sp³-hybridized carbons (Fsp3) is 0.667. The molecule has 2 rings (SSSR count). The van der Waals surface area contributed by atoms with E-state index >= 15 is 0 Å². The van der Waals surface area contributed by atoms with Gasteiger partial charge in [-0.15, -0.1) is 0 Å². The first-order valence-electron chi connectivity index (χ1n) is 6.00. The van der Waals surface area contributed by atoms with Crippen LogP contribution in [0.2, 0.25) is 0 Å². The molecule has 0 bridgehead atoms. The maximum Gasteiger partial charge on any atom is 0.225 e. The van der Waals surface area contributed by atoms with Crippen molar-refractivity contribution in [2.24, 2.45) is 5.73 Å². The van der Waals surface area contributed by atoms with Crippen molar-refractivity contribution in [2.75, 3.05) is 25.0 Å². The molecule has 1 aromatic rings. The summed E-state index contributed by atoms with van der Waals surface area (Å²) in [5.74, 6) is 0.823. The highest BCUT2D eigenvalue weighted by molar-refractivity contribution is 5.37. The number of hydrogen-bond acceptors (Lipinski definition) is 4. The molecule has 0 saturated carbocycles. The number of fused-ring (bicyclic) bond motifs is 1. The van der Waals surface area contributed by atoms with E-state index in [0.29, 0.717) is 6.54 Å². The number of rotatable bonds is 3. The molecule has 2 N–H and O–H groups in total. The lowest BCUT2D eigenvalue weighted by Gasteiger charge is -2.21. The van der Waals surface area contributed by atoms with Crippen molar-refractivity contribution in [3.8, 4) is 0 Å². The van der Waals surface area contributed by atoms with Crippen LogP contribution in [0.25, 0.3) is 0 Å². The molecule has 1 aromatic heterocycles. The topological polar surface area (TPSA) is 55.0 Å². The van der Waals surface area contributed by atoms with Gasteiger partial charge in [-0.25, -0.2) is 9.97 Å². The molecule has 88 valence electrons. The SMILES string of the molecule is Cc1nc(N(C)CCN)nc2c1CCCC2. The third kappa shape index (κ3) is 2.16. The van der Waals surface area contributed by atoms with Crippen molar-refractivity contribution in [3.05, 3.63) is 17.0 Å². The van der Waals surface area contributed by atoms with Gasteiger partial charge >= 0.3 is 0 Å². The van der Waals surface area contributed by atoms with Crippen LogP contribution in [0.1, 0.15) is 29.8 Å². The highest BCUT2D eigenvalue weighted by Crippen LogP contribution is 2.23. The van der Waals surface area contributed by atoms with Crippen LogP contribution >= 0.6 is 0 Å². The molecule has 16 heavy (non-hydrogen) atoms. The Balaban J connectivity index is 2.31. The van der Waals surface area contributed by atoms with Gasteiger partial charge in [0.1, 0.15) is 0 Å². The maximum atomic E-state index is 5.55. The summed E-state index contributed by atoms with van der Waals surface area (Å²) in [6.07, 6.45) is 4.77. The molecule has 0 radical (unpaired) electrons. The predicted octanol–water partition coefficient (Wildman–Crippen LogP) is 1.06. The lowest BCUT2D eigenvalue weighted by Crippen LogP contribution is -2.27. The zero-order valence-electron chi connectivity index (χ0n) is 10.2. The van der Waals surface area contributed by atoms with Crippen LogP contribution in [0.5, 0.6) is 0 Å².